The van der Waals surface area contributed by atoms with Crippen molar-refractivity contribution in [3.05, 3.63) is 59.3 Å². The Morgan fingerprint density at radius 2 is 2.14 bits per heavy atom. The molecule has 0 spiro atoms. The third kappa shape index (κ3) is 4.65. The second-order valence-corrected chi connectivity index (χ2v) is 10.0. The number of aliphatic hydroxyl groups excluding tert-OH is 1. The summed E-state index contributed by atoms with van der Waals surface area (Å²) in [4.78, 5) is 19.6. The number of aromatic nitrogens is 4. The van der Waals surface area contributed by atoms with Crippen molar-refractivity contribution in [3.8, 4) is 0 Å². The van der Waals surface area contributed by atoms with Crippen LogP contribution in [0.2, 0.25) is 0 Å². The van der Waals surface area contributed by atoms with Crippen LogP contribution in [0, 0.1) is 6.92 Å². The molecule has 5 rings (SSSR count). The first-order valence-electron chi connectivity index (χ1n) is 11.4. The van der Waals surface area contributed by atoms with Crippen LogP contribution >= 0.6 is 11.9 Å². The fraction of sp³-hybridized carbons (Fsp3) is 0.435. The number of aliphatic hydroxyl groups is 1. The largest absolute Gasteiger partial charge is 0.385 e. The Bertz CT molecular complexity index is 1240. The zero-order chi connectivity index (χ0) is 24.7. The first kappa shape index (κ1) is 23.8. The van der Waals surface area contributed by atoms with E-state index in [-0.39, 0.29) is 19.0 Å². The van der Waals surface area contributed by atoms with E-state index in [0.717, 1.165) is 35.9 Å². The maximum absolute atomic E-state index is 13.8. The van der Waals surface area contributed by atoms with Gasteiger partial charge in [-0.25, -0.2) is 18.1 Å². The highest BCUT2D eigenvalue weighted by Crippen LogP contribution is 2.33. The van der Waals surface area contributed by atoms with E-state index in [9.17, 15) is 18.7 Å². The van der Waals surface area contributed by atoms with Gasteiger partial charge in [0.1, 0.15) is 17.6 Å². The Hall–Kier alpha value is -2.96. The van der Waals surface area contributed by atoms with Crippen molar-refractivity contribution in [2.24, 2.45) is 7.05 Å². The first-order valence-corrected chi connectivity index (χ1v) is 12.1. The highest BCUT2D eigenvalue weighted by atomic mass is 32.2. The summed E-state index contributed by atoms with van der Waals surface area (Å²) in [6.07, 6.45) is 1.58. The summed E-state index contributed by atoms with van der Waals surface area (Å²) in [5.74, 6) is -3.12. The lowest BCUT2D eigenvalue weighted by Crippen LogP contribution is -2.31. The summed E-state index contributed by atoms with van der Waals surface area (Å²) in [7, 11) is 1.85. The number of carbonyl (C=O) groups excluding carboxylic acids is 1. The molecule has 1 unspecified atom stereocenters. The third-order valence-corrected chi connectivity index (χ3v) is 7.72. The van der Waals surface area contributed by atoms with E-state index in [1.54, 1.807) is 24.1 Å². The van der Waals surface area contributed by atoms with Crippen molar-refractivity contribution >= 4 is 23.7 Å². The molecule has 5 heterocycles. The van der Waals surface area contributed by atoms with Gasteiger partial charge in [0, 0.05) is 48.7 Å². The number of amides is 1. The standard InChI is InChI=1S/C23H27F2N7O2S/c1-15-19(35-31-8-9-32-17(12-31)5-7-28-32)10-18(29(15)2)22(34)27-11-16-4-3-6-26-21(16)30-13-20(33)23(24,25)14-30/h3-7,10,20,33H,8-9,11-14H2,1-2H3,(H,27,34). The van der Waals surface area contributed by atoms with Gasteiger partial charge in [0.05, 0.1) is 31.9 Å². The van der Waals surface area contributed by atoms with E-state index < -0.39 is 18.6 Å². The molecule has 1 saturated heterocycles. The number of anilines is 1. The van der Waals surface area contributed by atoms with E-state index in [0.29, 0.717) is 17.1 Å². The predicted molar refractivity (Wildman–Crippen MR) is 127 cm³/mol. The minimum absolute atomic E-state index is 0.128. The molecule has 1 atom stereocenters. The first-order chi connectivity index (χ1) is 16.7. The van der Waals surface area contributed by atoms with Crippen molar-refractivity contribution in [1.82, 2.24) is 29.0 Å². The fourth-order valence-corrected chi connectivity index (χ4v) is 5.49. The quantitative estimate of drug-likeness (QED) is 0.499. The molecule has 0 saturated carbocycles. The maximum atomic E-state index is 13.8. The van der Waals surface area contributed by atoms with Crippen molar-refractivity contribution in [2.75, 3.05) is 24.5 Å². The molecule has 0 bridgehead atoms. The van der Waals surface area contributed by atoms with Crippen LogP contribution in [0.5, 0.6) is 0 Å². The van der Waals surface area contributed by atoms with Gasteiger partial charge in [0.2, 0.25) is 0 Å². The molecule has 186 valence electrons. The number of carbonyl (C=O) groups is 1. The van der Waals surface area contributed by atoms with Gasteiger partial charge in [-0.05, 0) is 37.1 Å². The number of hydrogen-bond donors (Lipinski definition) is 2. The normalized spacial score (nSPS) is 19.7. The predicted octanol–water partition coefficient (Wildman–Crippen LogP) is 2.19. The Labute approximate surface area is 205 Å². The van der Waals surface area contributed by atoms with Gasteiger partial charge in [0.15, 0.2) is 0 Å². The van der Waals surface area contributed by atoms with E-state index in [1.807, 2.05) is 41.5 Å². The molecule has 3 aromatic heterocycles. The molecule has 2 N–H and O–H groups in total. The Morgan fingerprint density at radius 1 is 1.31 bits per heavy atom. The second-order valence-electron chi connectivity index (χ2n) is 8.86. The molecule has 3 aromatic rings. The average molecular weight is 504 g/mol. The van der Waals surface area contributed by atoms with E-state index in [4.69, 9.17) is 0 Å². The van der Waals surface area contributed by atoms with Crippen LogP contribution in [0.25, 0.3) is 0 Å². The Kier molecular flexibility index (Phi) is 6.28. The molecule has 0 radical (unpaired) electrons. The van der Waals surface area contributed by atoms with Crippen LogP contribution in [0.1, 0.15) is 27.4 Å². The van der Waals surface area contributed by atoms with E-state index in [1.165, 1.54) is 11.1 Å². The molecule has 2 aliphatic rings. The summed E-state index contributed by atoms with van der Waals surface area (Å²) >= 11 is 1.62. The van der Waals surface area contributed by atoms with Gasteiger partial charge in [-0.3, -0.25) is 9.48 Å². The van der Waals surface area contributed by atoms with Crippen LogP contribution in [0.4, 0.5) is 14.6 Å². The monoisotopic (exact) mass is 503 g/mol. The molecule has 2 aliphatic heterocycles. The number of alkyl halides is 2. The SMILES string of the molecule is Cc1c(SN2CCn3nccc3C2)cc(C(=O)NCc2cccnc2N2CC(O)C(F)(F)C2)n1C. The van der Waals surface area contributed by atoms with Gasteiger partial charge in [0.25, 0.3) is 11.8 Å². The number of halogens is 2. The van der Waals surface area contributed by atoms with Crippen molar-refractivity contribution in [2.45, 2.75) is 43.5 Å². The van der Waals surface area contributed by atoms with Crippen molar-refractivity contribution in [1.29, 1.82) is 0 Å². The Balaban J connectivity index is 1.26. The minimum Gasteiger partial charge on any atom is -0.385 e. The van der Waals surface area contributed by atoms with Crippen LogP contribution < -0.4 is 10.2 Å². The molecule has 12 heteroatoms. The lowest BCUT2D eigenvalue weighted by atomic mass is 10.2. The summed E-state index contributed by atoms with van der Waals surface area (Å²) in [6, 6.07) is 7.33. The van der Waals surface area contributed by atoms with Gasteiger partial charge >= 0.3 is 0 Å². The summed E-state index contributed by atoms with van der Waals surface area (Å²) < 4.78 is 33.8. The molecule has 35 heavy (non-hydrogen) atoms. The van der Waals surface area contributed by atoms with Crippen LogP contribution in [0.3, 0.4) is 0 Å². The maximum Gasteiger partial charge on any atom is 0.292 e. The van der Waals surface area contributed by atoms with Gasteiger partial charge in [-0.1, -0.05) is 6.07 Å². The highest BCUT2D eigenvalue weighted by Gasteiger charge is 2.48. The average Bonchev–Trinajstić information content (AvgIpc) is 3.49. The molecule has 9 nitrogen and oxygen atoms in total. The lowest BCUT2D eigenvalue weighted by Gasteiger charge is -2.26. The van der Waals surface area contributed by atoms with Crippen molar-refractivity contribution in [3.63, 3.8) is 0 Å². The van der Waals surface area contributed by atoms with Crippen LogP contribution in [-0.4, -0.2) is 66.3 Å². The smallest absolute Gasteiger partial charge is 0.292 e. The number of pyridine rings is 1. The Morgan fingerprint density at radius 3 is 2.91 bits per heavy atom. The third-order valence-electron chi connectivity index (χ3n) is 6.54. The molecule has 0 aliphatic carbocycles. The topological polar surface area (TPSA) is 91.5 Å². The van der Waals surface area contributed by atoms with Crippen LogP contribution in [0.15, 0.2) is 41.6 Å². The van der Waals surface area contributed by atoms with E-state index >= 15 is 0 Å². The van der Waals surface area contributed by atoms with Gasteiger partial charge < -0.3 is 19.9 Å². The minimum atomic E-state index is -3.19. The zero-order valence-corrected chi connectivity index (χ0v) is 20.3. The number of rotatable bonds is 6. The molecular weight excluding hydrogens is 476 g/mol. The summed E-state index contributed by atoms with van der Waals surface area (Å²) in [5.41, 5.74) is 3.26. The molecule has 1 fully saturated rings. The molecule has 1 amide bonds. The zero-order valence-electron chi connectivity index (χ0n) is 19.5. The number of nitrogens with one attached hydrogen (secondary N) is 1. The number of fused-ring (bicyclic) bond motifs is 1. The lowest BCUT2D eigenvalue weighted by molar-refractivity contribution is -0.0712. The van der Waals surface area contributed by atoms with Crippen molar-refractivity contribution < 1.29 is 18.7 Å². The molecular formula is C23H27F2N7O2S. The number of hydrogen-bond acceptors (Lipinski definition) is 7. The highest BCUT2D eigenvalue weighted by molar-refractivity contribution is 7.97. The molecule has 0 aromatic carbocycles. The van der Waals surface area contributed by atoms with E-state index in [2.05, 4.69) is 19.7 Å². The van der Waals surface area contributed by atoms with Crippen LogP contribution in [-0.2, 0) is 26.7 Å². The number of β-amino-alcohol motifs (C(OH)–C–C–N with tert-alkyl or cyclic N) is 1. The fourth-order valence-electron chi connectivity index (χ4n) is 4.41. The second kappa shape index (κ2) is 9.25. The number of nitrogens with zero attached hydrogens (tertiary/aromatic N) is 6. The summed E-state index contributed by atoms with van der Waals surface area (Å²) in [5, 5.41) is 16.9. The van der Waals surface area contributed by atoms with Gasteiger partial charge in [-0.2, -0.15) is 5.10 Å². The summed E-state index contributed by atoms with van der Waals surface area (Å²) in [6.45, 7) is 3.73. The van der Waals surface area contributed by atoms with Gasteiger partial charge in [-0.15, -0.1) is 0 Å².